The Balaban J connectivity index is 1.28. The van der Waals surface area contributed by atoms with E-state index in [9.17, 15) is 14.3 Å². The third kappa shape index (κ3) is 3.68. The number of hydrogen-bond donors (Lipinski definition) is 2. The summed E-state index contributed by atoms with van der Waals surface area (Å²) < 4.78 is 15.6. The second-order valence-electron chi connectivity index (χ2n) is 9.69. The van der Waals surface area contributed by atoms with Gasteiger partial charge in [-0.3, -0.25) is 4.79 Å². The lowest BCUT2D eigenvalue weighted by atomic mass is 9.92. The van der Waals surface area contributed by atoms with Crippen LogP contribution in [0.4, 0.5) is 16.2 Å². The number of nitrogens with zero attached hydrogens (tertiary/aromatic N) is 8. The summed E-state index contributed by atoms with van der Waals surface area (Å²) in [6, 6.07) is 2.82. The number of carbonyl (C=O) groups excluding carboxylic acids is 1. The molecule has 2 aliphatic rings. The van der Waals surface area contributed by atoms with Crippen molar-refractivity contribution in [2.45, 2.75) is 44.8 Å². The molecule has 4 aromatic rings. The van der Waals surface area contributed by atoms with Gasteiger partial charge in [-0.15, -0.1) is 5.10 Å². The molecule has 3 aromatic heterocycles. The third-order valence-corrected chi connectivity index (χ3v) is 7.12. The number of halogens is 1. The van der Waals surface area contributed by atoms with Gasteiger partial charge in [0.2, 0.25) is 5.95 Å². The number of aliphatic hydroxyl groups is 1. The minimum atomic E-state index is -0.376. The van der Waals surface area contributed by atoms with Gasteiger partial charge in [0.25, 0.3) is 5.91 Å². The number of aromatic nitrogens is 6. The number of anilines is 2. The fourth-order valence-electron chi connectivity index (χ4n) is 5.04. The van der Waals surface area contributed by atoms with Crippen LogP contribution in [-0.2, 0) is 0 Å². The first-order valence-corrected chi connectivity index (χ1v) is 12.0. The first kappa shape index (κ1) is 22.5. The van der Waals surface area contributed by atoms with Crippen molar-refractivity contribution < 1.29 is 14.3 Å². The maximum Gasteiger partial charge on any atom is 0.274 e. The lowest BCUT2D eigenvalue weighted by Crippen LogP contribution is -2.51. The van der Waals surface area contributed by atoms with Gasteiger partial charge in [0.15, 0.2) is 11.5 Å². The highest BCUT2D eigenvalue weighted by Crippen LogP contribution is 2.31. The van der Waals surface area contributed by atoms with Crippen molar-refractivity contribution in [1.29, 1.82) is 0 Å². The zero-order chi connectivity index (χ0) is 25.1. The zero-order valence-corrected chi connectivity index (χ0v) is 20.0. The summed E-state index contributed by atoms with van der Waals surface area (Å²) in [6.45, 7) is 5.23. The topological polar surface area (TPSA) is 139 Å². The number of fused-ring (bicyclic) bond motifs is 3. The predicted molar refractivity (Wildman–Crippen MR) is 130 cm³/mol. The Morgan fingerprint density at radius 2 is 1.94 bits per heavy atom. The first-order valence-electron chi connectivity index (χ1n) is 12.0. The molecule has 5 heterocycles. The SMILES string of the molecule is Cc1cc(F)cc2c1nc(N)n1nc([C@@H]3CC[C@H](C)N(C(=O)c4cnc(N5CC(O)C5)cn4)C3)nc21. The molecule has 0 bridgehead atoms. The minimum Gasteiger partial charge on any atom is -0.389 e. The summed E-state index contributed by atoms with van der Waals surface area (Å²) in [5, 5.41) is 14.6. The van der Waals surface area contributed by atoms with E-state index in [1.165, 1.54) is 22.8 Å². The summed E-state index contributed by atoms with van der Waals surface area (Å²) in [6.07, 6.45) is 4.27. The molecule has 2 aliphatic heterocycles. The van der Waals surface area contributed by atoms with E-state index in [1.807, 2.05) is 11.8 Å². The fraction of sp³-hybridized carbons (Fsp3) is 0.417. The molecule has 2 atom stereocenters. The standard InChI is InChI=1S/C24H26FN9O2/c1-12-5-15(25)6-17-20(12)29-24(26)34-22(17)30-21(31-34)14-4-3-13(2)33(9-14)23(36)18-7-28-19(8-27-18)32-10-16(35)11-32/h5-8,13-14,16,35H,3-4,9-11H2,1-2H3,(H2,26,29)/t13-,14+/m0/s1. The smallest absolute Gasteiger partial charge is 0.274 e. The minimum absolute atomic E-state index is 0.0158. The number of nitrogen functional groups attached to an aromatic ring is 1. The third-order valence-electron chi connectivity index (χ3n) is 7.12. The van der Waals surface area contributed by atoms with Gasteiger partial charge in [-0.2, -0.15) is 4.52 Å². The molecule has 6 rings (SSSR count). The van der Waals surface area contributed by atoms with Gasteiger partial charge in [0.05, 0.1) is 24.0 Å². The number of aliphatic hydroxyl groups excluding tert-OH is 1. The van der Waals surface area contributed by atoms with E-state index in [4.69, 9.17) is 10.7 Å². The van der Waals surface area contributed by atoms with Crippen molar-refractivity contribution >= 4 is 34.2 Å². The van der Waals surface area contributed by atoms with Gasteiger partial charge in [0.1, 0.15) is 17.3 Å². The molecule has 1 amide bonds. The normalized spacial score (nSPS) is 20.8. The van der Waals surface area contributed by atoms with Gasteiger partial charge < -0.3 is 20.6 Å². The average Bonchev–Trinajstić information content (AvgIpc) is 3.30. The maximum atomic E-state index is 14.2. The Labute approximate surface area is 205 Å². The van der Waals surface area contributed by atoms with Crippen molar-refractivity contribution in [3.05, 3.63) is 47.4 Å². The van der Waals surface area contributed by atoms with E-state index in [0.717, 1.165) is 12.8 Å². The lowest BCUT2D eigenvalue weighted by Gasteiger charge is -2.37. The molecule has 3 N–H and O–H groups in total. The van der Waals surface area contributed by atoms with Crippen LogP contribution in [0.15, 0.2) is 24.5 Å². The molecule has 36 heavy (non-hydrogen) atoms. The van der Waals surface area contributed by atoms with Crippen molar-refractivity contribution in [3.63, 3.8) is 0 Å². The number of amides is 1. The van der Waals surface area contributed by atoms with Crippen LogP contribution < -0.4 is 10.6 Å². The van der Waals surface area contributed by atoms with Crippen molar-refractivity contribution in [3.8, 4) is 0 Å². The molecule has 11 nitrogen and oxygen atoms in total. The maximum absolute atomic E-state index is 14.2. The molecule has 0 aliphatic carbocycles. The molecule has 0 unspecified atom stereocenters. The van der Waals surface area contributed by atoms with Gasteiger partial charge >= 0.3 is 0 Å². The van der Waals surface area contributed by atoms with Crippen molar-refractivity contribution in [2.24, 2.45) is 0 Å². The van der Waals surface area contributed by atoms with Gasteiger partial charge in [-0.1, -0.05) is 0 Å². The Hall–Kier alpha value is -3.93. The van der Waals surface area contributed by atoms with Crippen molar-refractivity contribution in [2.75, 3.05) is 30.3 Å². The molecular formula is C24H26FN9O2. The number of nitrogens with two attached hydrogens (primary N) is 1. The van der Waals surface area contributed by atoms with E-state index in [0.29, 0.717) is 53.4 Å². The Kier molecular flexibility index (Phi) is 5.21. The molecule has 2 fully saturated rings. The molecule has 0 radical (unpaired) electrons. The highest BCUT2D eigenvalue weighted by molar-refractivity contribution is 5.94. The number of carbonyl (C=O) groups is 1. The monoisotopic (exact) mass is 491 g/mol. The van der Waals surface area contributed by atoms with E-state index < -0.39 is 0 Å². The van der Waals surface area contributed by atoms with Gasteiger partial charge in [-0.05, 0) is 44.4 Å². The predicted octanol–water partition coefficient (Wildman–Crippen LogP) is 1.69. The van der Waals surface area contributed by atoms with Gasteiger partial charge in [-0.25, -0.2) is 24.3 Å². The summed E-state index contributed by atoms with van der Waals surface area (Å²) in [7, 11) is 0. The summed E-state index contributed by atoms with van der Waals surface area (Å²) in [5.74, 6) is 0.652. The molecule has 12 heteroatoms. The molecule has 186 valence electrons. The Bertz CT molecular complexity index is 1480. The number of likely N-dealkylation sites (tertiary alicyclic amines) is 1. The molecular weight excluding hydrogens is 465 g/mol. The largest absolute Gasteiger partial charge is 0.389 e. The van der Waals surface area contributed by atoms with E-state index in [1.54, 1.807) is 18.0 Å². The highest BCUT2D eigenvalue weighted by Gasteiger charge is 2.34. The van der Waals surface area contributed by atoms with E-state index >= 15 is 0 Å². The number of aryl methyl sites for hydroxylation is 1. The van der Waals surface area contributed by atoms with Crippen LogP contribution in [0.2, 0.25) is 0 Å². The first-order chi connectivity index (χ1) is 17.3. The summed E-state index contributed by atoms with van der Waals surface area (Å²) in [5.41, 5.74) is 8.13. The van der Waals surface area contributed by atoms with Crippen molar-refractivity contribution in [1.82, 2.24) is 34.4 Å². The average molecular weight is 492 g/mol. The van der Waals surface area contributed by atoms with Crippen LogP contribution in [0, 0.1) is 12.7 Å². The number of hydrogen-bond acceptors (Lipinski definition) is 9. The van der Waals surface area contributed by atoms with E-state index in [2.05, 4.69) is 20.1 Å². The Morgan fingerprint density at radius 1 is 1.14 bits per heavy atom. The molecule has 0 spiro atoms. The quantitative estimate of drug-likeness (QED) is 0.438. The van der Waals surface area contributed by atoms with Crippen LogP contribution in [0.3, 0.4) is 0 Å². The van der Waals surface area contributed by atoms with Crippen LogP contribution in [0.1, 0.15) is 47.6 Å². The zero-order valence-electron chi connectivity index (χ0n) is 20.0. The molecule has 0 saturated carbocycles. The van der Waals surface area contributed by atoms with Crippen LogP contribution in [0.5, 0.6) is 0 Å². The second kappa shape index (κ2) is 8.33. The summed E-state index contributed by atoms with van der Waals surface area (Å²) >= 11 is 0. The fourth-order valence-corrected chi connectivity index (χ4v) is 5.04. The van der Waals surface area contributed by atoms with Crippen LogP contribution in [-0.4, -0.2) is 77.2 Å². The highest BCUT2D eigenvalue weighted by atomic mass is 19.1. The van der Waals surface area contributed by atoms with Gasteiger partial charge in [0, 0.05) is 37.0 Å². The van der Waals surface area contributed by atoms with Crippen LogP contribution >= 0.6 is 0 Å². The second-order valence-corrected chi connectivity index (χ2v) is 9.69. The lowest BCUT2D eigenvalue weighted by molar-refractivity contribution is 0.0599. The molecule has 1 aromatic carbocycles. The summed E-state index contributed by atoms with van der Waals surface area (Å²) in [4.78, 5) is 34.8. The van der Waals surface area contributed by atoms with Crippen LogP contribution in [0.25, 0.3) is 16.6 Å². The number of benzene rings is 1. The molecule has 2 saturated heterocycles. The number of piperidine rings is 1. The van der Waals surface area contributed by atoms with E-state index in [-0.39, 0.29) is 41.4 Å². The Morgan fingerprint density at radius 3 is 2.67 bits per heavy atom. The number of rotatable bonds is 3. The number of β-amino-alcohol motifs (C(OH)–C–C–N with tert-alkyl or cyclic N) is 1.